The summed E-state index contributed by atoms with van der Waals surface area (Å²) < 4.78 is 5.33. The van der Waals surface area contributed by atoms with E-state index < -0.39 is 0 Å². The van der Waals surface area contributed by atoms with Crippen molar-refractivity contribution in [3.05, 3.63) is 77.0 Å². The number of nitrogens with one attached hydrogen (secondary N) is 1. The molecule has 0 radical (unpaired) electrons. The molecule has 1 aliphatic rings. The van der Waals surface area contributed by atoms with Crippen LogP contribution in [-0.2, 0) is 6.42 Å². The van der Waals surface area contributed by atoms with Gasteiger partial charge < -0.3 is 9.72 Å². The van der Waals surface area contributed by atoms with Gasteiger partial charge in [0, 0.05) is 28.9 Å². The Hall–Kier alpha value is -2.48. The minimum absolute atomic E-state index is 0.343. The van der Waals surface area contributed by atoms with Crippen molar-refractivity contribution in [2.45, 2.75) is 32.1 Å². The Morgan fingerprint density at radius 1 is 1.08 bits per heavy atom. The summed E-state index contributed by atoms with van der Waals surface area (Å²) in [6.45, 7) is 2.26. The van der Waals surface area contributed by atoms with Gasteiger partial charge in [-0.3, -0.25) is 0 Å². The second kappa shape index (κ2) is 6.20. The van der Waals surface area contributed by atoms with Crippen molar-refractivity contribution >= 4 is 10.9 Å². The summed E-state index contributed by atoms with van der Waals surface area (Å²) in [5.41, 5.74) is 6.95. The number of para-hydroxylation sites is 1. The Morgan fingerprint density at radius 3 is 2.62 bits per heavy atom. The van der Waals surface area contributed by atoms with E-state index in [1.165, 1.54) is 34.1 Å². The van der Waals surface area contributed by atoms with E-state index in [0.29, 0.717) is 5.92 Å². The zero-order valence-electron chi connectivity index (χ0n) is 14.3. The lowest BCUT2D eigenvalue weighted by atomic mass is 9.78. The van der Waals surface area contributed by atoms with Crippen LogP contribution in [0, 0.1) is 0 Å². The van der Waals surface area contributed by atoms with E-state index in [1.54, 1.807) is 12.7 Å². The van der Waals surface area contributed by atoms with Gasteiger partial charge in [0.15, 0.2) is 0 Å². The molecule has 0 fully saturated rings. The minimum atomic E-state index is 0.343. The van der Waals surface area contributed by atoms with Gasteiger partial charge in [-0.15, -0.1) is 0 Å². The molecule has 2 aromatic carbocycles. The van der Waals surface area contributed by atoms with Gasteiger partial charge in [0.1, 0.15) is 5.75 Å². The standard InChI is InChI=1S/C22H23NO/c1-3-6-15-11-14-20-22(18-7-4-5-8-19(18)23-20)21(15)16-9-12-17(24-2)13-10-16/h4-5,7-13,21,23H,3,6,14H2,1-2H3. The summed E-state index contributed by atoms with van der Waals surface area (Å²) in [7, 11) is 1.72. The third-order valence-electron chi connectivity index (χ3n) is 5.04. The quantitative estimate of drug-likeness (QED) is 0.623. The molecule has 4 rings (SSSR count). The van der Waals surface area contributed by atoms with Gasteiger partial charge >= 0.3 is 0 Å². The molecule has 122 valence electrons. The second-order valence-corrected chi connectivity index (χ2v) is 6.50. The van der Waals surface area contributed by atoms with Gasteiger partial charge in [-0.1, -0.05) is 55.3 Å². The normalized spacial score (nSPS) is 16.8. The Bertz CT molecular complexity index is 886. The van der Waals surface area contributed by atoms with Crippen LogP contribution in [0.4, 0.5) is 0 Å². The Kier molecular flexibility index (Phi) is 3.89. The molecule has 0 saturated heterocycles. The van der Waals surface area contributed by atoms with Crippen LogP contribution in [0.15, 0.2) is 60.2 Å². The predicted octanol–water partition coefficient (Wildman–Crippen LogP) is 5.59. The molecule has 1 aliphatic carbocycles. The first-order valence-corrected chi connectivity index (χ1v) is 8.74. The van der Waals surface area contributed by atoms with Crippen LogP contribution in [0.2, 0.25) is 0 Å². The smallest absolute Gasteiger partial charge is 0.118 e. The van der Waals surface area contributed by atoms with Gasteiger partial charge in [-0.25, -0.2) is 0 Å². The van der Waals surface area contributed by atoms with Crippen LogP contribution in [0.25, 0.3) is 10.9 Å². The topological polar surface area (TPSA) is 25.0 Å². The maximum Gasteiger partial charge on any atom is 0.118 e. The highest BCUT2D eigenvalue weighted by Crippen LogP contribution is 2.43. The van der Waals surface area contributed by atoms with E-state index in [1.807, 2.05) is 0 Å². The van der Waals surface area contributed by atoms with Crippen LogP contribution in [0.1, 0.15) is 42.5 Å². The van der Waals surface area contributed by atoms with Crippen LogP contribution < -0.4 is 4.74 Å². The monoisotopic (exact) mass is 317 g/mol. The summed E-state index contributed by atoms with van der Waals surface area (Å²) in [5.74, 6) is 1.26. The number of benzene rings is 2. The molecule has 0 saturated carbocycles. The van der Waals surface area contributed by atoms with Gasteiger partial charge in [-0.05, 0) is 35.7 Å². The molecule has 2 heteroatoms. The molecule has 1 aromatic heterocycles. The third-order valence-corrected chi connectivity index (χ3v) is 5.04. The zero-order valence-corrected chi connectivity index (χ0v) is 14.3. The number of rotatable bonds is 4. The molecule has 0 bridgehead atoms. The van der Waals surface area contributed by atoms with Crippen LogP contribution in [-0.4, -0.2) is 12.1 Å². The van der Waals surface area contributed by atoms with E-state index >= 15 is 0 Å². The number of allylic oxidation sites excluding steroid dienone is 2. The third kappa shape index (κ3) is 2.43. The second-order valence-electron chi connectivity index (χ2n) is 6.50. The summed E-state index contributed by atoms with van der Waals surface area (Å²) in [6, 6.07) is 17.2. The number of H-pyrrole nitrogens is 1. The SMILES string of the molecule is CCCC1=CCc2[nH]c3ccccc3c2C1c1ccc(OC)cc1. The Balaban J connectivity index is 1.89. The number of ether oxygens (including phenoxy) is 1. The average molecular weight is 317 g/mol. The molecular formula is C22H23NO. The molecule has 0 aliphatic heterocycles. The van der Waals surface area contributed by atoms with Crippen LogP contribution >= 0.6 is 0 Å². The zero-order chi connectivity index (χ0) is 16.5. The number of aromatic amines is 1. The van der Waals surface area contributed by atoms with Crippen molar-refractivity contribution in [1.82, 2.24) is 4.98 Å². The molecule has 1 N–H and O–H groups in total. The fourth-order valence-electron chi connectivity index (χ4n) is 3.96. The maximum atomic E-state index is 5.33. The number of hydrogen-bond acceptors (Lipinski definition) is 1. The highest BCUT2D eigenvalue weighted by atomic mass is 16.5. The number of aromatic nitrogens is 1. The molecular weight excluding hydrogens is 294 g/mol. The highest BCUT2D eigenvalue weighted by molar-refractivity contribution is 5.87. The minimum Gasteiger partial charge on any atom is -0.497 e. The molecule has 1 unspecified atom stereocenters. The number of hydrogen-bond donors (Lipinski definition) is 1. The highest BCUT2D eigenvalue weighted by Gasteiger charge is 2.27. The first-order valence-electron chi connectivity index (χ1n) is 8.74. The van der Waals surface area contributed by atoms with Gasteiger partial charge in [0.25, 0.3) is 0 Å². The fourth-order valence-corrected chi connectivity index (χ4v) is 3.96. The maximum absolute atomic E-state index is 5.33. The van der Waals surface area contributed by atoms with Crippen LogP contribution in [0.3, 0.4) is 0 Å². The van der Waals surface area contributed by atoms with E-state index in [-0.39, 0.29) is 0 Å². The Morgan fingerprint density at radius 2 is 1.88 bits per heavy atom. The van der Waals surface area contributed by atoms with Gasteiger partial charge in [0.2, 0.25) is 0 Å². The van der Waals surface area contributed by atoms with E-state index in [0.717, 1.165) is 18.6 Å². The van der Waals surface area contributed by atoms with Gasteiger partial charge in [-0.2, -0.15) is 0 Å². The van der Waals surface area contributed by atoms with Crippen molar-refractivity contribution in [1.29, 1.82) is 0 Å². The molecule has 3 aromatic rings. The van der Waals surface area contributed by atoms with E-state index in [9.17, 15) is 0 Å². The molecule has 0 amide bonds. The molecule has 0 spiro atoms. The summed E-state index contributed by atoms with van der Waals surface area (Å²) >= 11 is 0. The molecule has 1 atom stereocenters. The number of methoxy groups -OCH3 is 1. The van der Waals surface area contributed by atoms with Crippen molar-refractivity contribution < 1.29 is 4.74 Å². The lowest BCUT2D eigenvalue weighted by Crippen LogP contribution is -2.11. The van der Waals surface area contributed by atoms with Gasteiger partial charge in [0.05, 0.1) is 7.11 Å². The lowest BCUT2D eigenvalue weighted by Gasteiger charge is -2.26. The Labute approximate surface area is 143 Å². The largest absolute Gasteiger partial charge is 0.497 e. The summed E-state index contributed by atoms with van der Waals surface area (Å²) in [6.07, 6.45) is 5.76. The van der Waals surface area contributed by atoms with Crippen molar-refractivity contribution in [3.8, 4) is 5.75 Å². The lowest BCUT2D eigenvalue weighted by molar-refractivity contribution is 0.414. The van der Waals surface area contributed by atoms with Crippen LogP contribution in [0.5, 0.6) is 5.75 Å². The van der Waals surface area contributed by atoms with Crippen molar-refractivity contribution in [2.24, 2.45) is 0 Å². The predicted molar refractivity (Wildman–Crippen MR) is 99.8 cm³/mol. The number of fused-ring (bicyclic) bond motifs is 3. The average Bonchev–Trinajstić information content (AvgIpc) is 3.01. The van der Waals surface area contributed by atoms with E-state index in [4.69, 9.17) is 4.74 Å². The first kappa shape index (κ1) is 15.1. The fraction of sp³-hybridized carbons (Fsp3) is 0.273. The van der Waals surface area contributed by atoms with Crippen molar-refractivity contribution in [2.75, 3.05) is 7.11 Å². The van der Waals surface area contributed by atoms with Crippen molar-refractivity contribution in [3.63, 3.8) is 0 Å². The summed E-state index contributed by atoms with van der Waals surface area (Å²) in [5, 5.41) is 1.36. The van der Waals surface area contributed by atoms with E-state index in [2.05, 4.69) is 66.5 Å². The molecule has 24 heavy (non-hydrogen) atoms. The summed E-state index contributed by atoms with van der Waals surface area (Å²) in [4.78, 5) is 3.63. The molecule has 1 heterocycles. The first-order chi connectivity index (χ1) is 11.8. The molecule has 2 nitrogen and oxygen atoms in total.